The van der Waals surface area contributed by atoms with Gasteiger partial charge in [0.2, 0.25) is 0 Å². The first-order chi connectivity index (χ1) is 14.2. The molecule has 5 heteroatoms. The van der Waals surface area contributed by atoms with Crippen molar-refractivity contribution in [1.82, 2.24) is 9.88 Å². The zero-order valence-corrected chi connectivity index (χ0v) is 17.6. The molecule has 1 aliphatic carbocycles. The molecule has 1 unspecified atom stereocenters. The molecule has 1 saturated heterocycles. The molecule has 0 radical (unpaired) electrons. The number of nitrogens with zero attached hydrogens (tertiary/aromatic N) is 1. The normalized spacial score (nSPS) is 20.2. The number of rotatable bonds is 10. The number of nitrogens with one attached hydrogen (secondary N) is 1. The van der Waals surface area contributed by atoms with Crippen molar-refractivity contribution in [2.45, 2.75) is 58.0 Å². The number of H-pyrrole nitrogens is 1. The predicted octanol–water partition coefficient (Wildman–Crippen LogP) is 4.14. The number of hydrogen-bond acceptors (Lipinski definition) is 4. The lowest BCUT2D eigenvalue weighted by atomic mass is 10.0. The van der Waals surface area contributed by atoms with Crippen LogP contribution in [0.1, 0.15) is 51.0 Å². The van der Waals surface area contributed by atoms with E-state index in [4.69, 9.17) is 9.47 Å². The summed E-state index contributed by atoms with van der Waals surface area (Å²) in [5, 5.41) is 0.989. The van der Waals surface area contributed by atoms with Crippen LogP contribution >= 0.6 is 0 Å². The summed E-state index contributed by atoms with van der Waals surface area (Å²) in [6, 6.07) is 7.93. The van der Waals surface area contributed by atoms with Gasteiger partial charge in [0, 0.05) is 18.5 Å². The number of para-hydroxylation sites is 1. The first-order valence-corrected chi connectivity index (χ1v) is 11.3. The molecular formula is C24H34N2O3. The maximum atomic E-state index is 12.8. The Balaban J connectivity index is 1.47. The van der Waals surface area contributed by atoms with Crippen molar-refractivity contribution < 1.29 is 9.47 Å². The van der Waals surface area contributed by atoms with Gasteiger partial charge in [-0.15, -0.1) is 0 Å². The minimum absolute atomic E-state index is 0.0133. The van der Waals surface area contributed by atoms with E-state index in [-0.39, 0.29) is 11.7 Å². The molecule has 1 aromatic heterocycles. The van der Waals surface area contributed by atoms with E-state index < -0.39 is 0 Å². The maximum absolute atomic E-state index is 12.8. The second-order valence-electron chi connectivity index (χ2n) is 8.55. The lowest BCUT2D eigenvalue weighted by Crippen LogP contribution is -2.44. The average molecular weight is 399 g/mol. The first kappa shape index (κ1) is 20.4. The van der Waals surface area contributed by atoms with Gasteiger partial charge < -0.3 is 14.5 Å². The van der Waals surface area contributed by atoms with Crippen LogP contribution in [-0.4, -0.2) is 48.8 Å². The topological polar surface area (TPSA) is 54.6 Å². The third-order valence-corrected chi connectivity index (χ3v) is 6.29. The molecule has 1 aliphatic heterocycles. The van der Waals surface area contributed by atoms with Crippen LogP contribution in [0.3, 0.4) is 0 Å². The summed E-state index contributed by atoms with van der Waals surface area (Å²) in [4.78, 5) is 18.2. The lowest BCUT2D eigenvalue weighted by Gasteiger charge is -2.32. The molecule has 29 heavy (non-hydrogen) atoms. The molecule has 2 heterocycles. The third kappa shape index (κ3) is 5.40. The largest absolute Gasteiger partial charge is 0.490 e. The van der Waals surface area contributed by atoms with Gasteiger partial charge in [-0.1, -0.05) is 51.2 Å². The van der Waals surface area contributed by atoms with Gasteiger partial charge in [-0.3, -0.25) is 9.69 Å². The van der Waals surface area contributed by atoms with Crippen molar-refractivity contribution in [2.75, 3.05) is 32.8 Å². The van der Waals surface area contributed by atoms with E-state index in [0.717, 1.165) is 67.2 Å². The second-order valence-corrected chi connectivity index (χ2v) is 8.55. The predicted molar refractivity (Wildman–Crippen MR) is 117 cm³/mol. The number of ether oxygens (including phenoxy) is 2. The Labute approximate surface area is 173 Å². The molecule has 0 bridgehead atoms. The second kappa shape index (κ2) is 9.77. The van der Waals surface area contributed by atoms with Crippen molar-refractivity contribution in [3.63, 3.8) is 0 Å². The Kier molecular flexibility index (Phi) is 6.88. The number of aromatic nitrogens is 1. The summed E-state index contributed by atoms with van der Waals surface area (Å²) in [5.74, 6) is 1.74. The van der Waals surface area contributed by atoms with Crippen molar-refractivity contribution in [3.8, 4) is 5.75 Å². The highest BCUT2D eigenvalue weighted by atomic mass is 16.5. The SMILES string of the molecule is CCN1CCOC(COc2c(CCCCCC3CC3)c(=O)[nH]c3ccccc23)C1. The van der Waals surface area contributed by atoms with E-state index in [1.54, 1.807) is 0 Å². The Morgan fingerprint density at radius 1 is 1.21 bits per heavy atom. The van der Waals surface area contributed by atoms with Crippen LogP contribution in [0.15, 0.2) is 29.1 Å². The molecule has 0 amide bonds. The van der Waals surface area contributed by atoms with Crippen LogP contribution in [0.4, 0.5) is 0 Å². The number of likely N-dealkylation sites (N-methyl/N-ethyl adjacent to an activating group) is 1. The van der Waals surface area contributed by atoms with Crippen molar-refractivity contribution in [3.05, 3.63) is 40.2 Å². The van der Waals surface area contributed by atoms with Crippen molar-refractivity contribution in [1.29, 1.82) is 0 Å². The van der Waals surface area contributed by atoms with E-state index in [2.05, 4.69) is 16.8 Å². The summed E-state index contributed by atoms with van der Waals surface area (Å²) in [6.45, 7) is 6.29. The maximum Gasteiger partial charge on any atom is 0.255 e. The Morgan fingerprint density at radius 3 is 2.90 bits per heavy atom. The van der Waals surface area contributed by atoms with E-state index in [1.807, 2.05) is 24.3 Å². The molecule has 158 valence electrons. The monoisotopic (exact) mass is 398 g/mol. The van der Waals surface area contributed by atoms with Gasteiger partial charge in [-0.25, -0.2) is 0 Å². The number of benzene rings is 1. The number of unbranched alkanes of at least 4 members (excludes halogenated alkanes) is 2. The number of fused-ring (bicyclic) bond motifs is 1. The fourth-order valence-electron chi connectivity index (χ4n) is 4.31. The minimum Gasteiger partial charge on any atom is -0.490 e. The highest BCUT2D eigenvalue weighted by Crippen LogP contribution is 2.34. The van der Waals surface area contributed by atoms with E-state index in [0.29, 0.717) is 6.61 Å². The molecule has 2 aliphatic rings. The zero-order valence-electron chi connectivity index (χ0n) is 17.6. The average Bonchev–Trinajstić information content (AvgIpc) is 3.57. The minimum atomic E-state index is -0.0133. The number of pyridine rings is 1. The van der Waals surface area contributed by atoms with Crippen LogP contribution in [0, 0.1) is 5.92 Å². The van der Waals surface area contributed by atoms with E-state index >= 15 is 0 Å². The molecule has 4 rings (SSSR count). The van der Waals surface area contributed by atoms with E-state index in [9.17, 15) is 4.79 Å². The highest BCUT2D eigenvalue weighted by Gasteiger charge is 2.22. The van der Waals surface area contributed by atoms with E-state index in [1.165, 1.54) is 32.1 Å². The van der Waals surface area contributed by atoms with Crippen LogP contribution in [0.2, 0.25) is 0 Å². The van der Waals surface area contributed by atoms with Crippen molar-refractivity contribution >= 4 is 10.9 Å². The van der Waals surface area contributed by atoms with Gasteiger partial charge in [-0.2, -0.15) is 0 Å². The molecule has 1 N–H and O–H groups in total. The Bertz CT molecular complexity index is 859. The number of hydrogen-bond donors (Lipinski definition) is 1. The van der Waals surface area contributed by atoms with Gasteiger partial charge >= 0.3 is 0 Å². The van der Waals surface area contributed by atoms with Crippen LogP contribution in [0.5, 0.6) is 5.75 Å². The van der Waals surface area contributed by atoms with Crippen LogP contribution in [-0.2, 0) is 11.2 Å². The molecule has 1 saturated carbocycles. The standard InChI is InChI=1S/C24H34N2O3/c1-2-26-14-15-28-19(16-26)17-29-23-20-9-6-7-11-22(20)25-24(27)21(23)10-5-3-4-8-18-12-13-18/h6-7,9,11,18-19H,2-5,8,10,12-17H2,1H3,(H,25,27). The molecule has 1 atom stereocenters. The highest BCUT2D eigenvalue weighted by molar-refractivity contribution is 5.86. The fraction of sp³-hybridized carbons (Fsp3) is 0.625. The van der Waals surface area contributed by atoms with Gasteiger partial charge in [0.25, 0.3) is 5.56 Å². The smallest absolute Gasteiger partial charge is 0.255 e. The summed E-state index contributed by atoms with van der Waals surface area (Å²) in [5.41, 5.74) is 1.61. The first-order valence-electron chi connectivity index (χ1n) is 11.3. The zero-order chi connectivity index (χ0) is 20.1. The number of morpholine rings is 1. The summed E-state index contributed by atoms with van der Waals surface area (Å²) >= 11 is 0. The van der Waals surface area contributed by atoms with Crippen molar-refractivity contribution in [2.24, 2.45) is 5.92 Å². The summed E-state index contributed by atoms with van der Waals surface area (Å²) in [7, 11) is 0. The number of aromatic amines is 1. The van der Waals surface area contributed by atoms with Crippen LogP contribution in [0.25, 0.3) is 10.9 Å². The molecule has 1 aromatic carbocycles. The molecule has 0 spiro atoms. The molecule has 5 nitrogen and oxygen atoms in total. The fourth-order valence-corrected chi connectivity index (χ4v) is 4.31. The quantitative estimate of drug-likeness (QED) is 0.611. The Morgan fingerprint density at radius 2 is 2.07 bits per heavy atom. The Hall–Kier alpha value is -1.85. The van der Waals surface area contributed by atoms with Gasteiger partial charge in [0.05, 0.1) is 17.7 Å². The molecular weight excluding hydrogens is 364 g/mol. The van der Waals surface area contributed by atoms with Crippen LogP contribution < -0.4 is 10.3 Å². The summed E-state index contributed by atoms with van der Waals surface area (Å²) in [6.07, 6.45) is 8.50. The molecule has 2 aromatic rings. The van der Waals surface area contributed by atoms with Gasteiger partial charge in [-0.05, 0) is 37.4 Å². The van der Waals surface area contributed by atoms with Gasteiger partial charge in [0.1, 0.15) is 18.5 Å². The molecule has 2 fully saturated rings. The third-order valence-electron chi connectivity index (χ3n) is 6.29. The summed E-state index contributed by atoms with van der Waals surface area (Å²) < 4.78 is 12.2. The lowest BCUT2D eigenvalue weighted by molar-refractivity contribution is -0.0463. The van der Waals surface area contributed by atoms with Gasteiger partial charge in [0.15, 0.2) is 0 Å².